The van der Waals surface area contributed by atoms with E-state index in [9.17, 15) is 9.59 Å². The molecule has 2 unspecified atom stereocenters. The Morgan fingerprint density at radius 3 is 2.44 bits per heavy atom. The van der Waals surface area contributed by atoms with Crippen LogP contribution < -0.4 is 4.74 Å². The first kappa shape index (κ1) is 19.5. The van der Waals surface area contributed by atoms with E-state index in [-0.39, 0.29) is 23.7 Å². The van der Waals surface area contributed by atoms with Crippen LogP contribution in [0.25, 0.3) is 0 Å². The molecule has 1 heterocycles. The smallest absolute Gasteiger partial charge is 0.410 e. The second-order valence-electron chi connectivity index (χ2n) is 8.53. The van der Waals surface area contributed by atoms with Crippen LogP contribution in [-0.2, 0) is 4.74 Å². The van der Waals surface area contributed by atoms with Gasteiger partial charge in [0.1, 0.15) is 18.0 Å². The summed E-state index contributed by atoms with van der Waals surface area (Å²) >= 11 is 0. The van der Waals surface area contributed by atoms with Gasteiger partial charge in [-0.25, -0.2) is 9.59 Å². The van der Waals surface area contributed by atoms with Gasteiger partial charge in [0.15, 0.2) is 0 Å². The Hall–Kier alpha value is -2.24. The number of fused-ring (bicyclic) bond motifs is 1. The van der Waals surface area contributed by atoms with Gasteiger partial charge in [-0.1, -0.05) is 12.8 Å². The number of carboxylic acid groups (broad SMARTS) is 1. The Bertz CT molecular complexity index is 679. The third kappa shape index (κ3) is 4.73. The third-order valence-electron chi connectivity index (χ3n) is 5.34. The number of hydrogen-bond donors (Lipinski definition) is 1. The highest BCUT2D eigenvalue weighted by Crippen LogP contribution is 2.40. The van der Waals surface area contributed by atoms with Gasteiger partial charge in [0, 0.05) is 6.04 Å². The molecule has 0 spiro atoms. The Labute approximate surface area is 160 Å². The second kappa shape index (κ2) is 7.79. The summed E-state index contributed by atoms with van der Waals surface area (Å²) in [5.41, 5.74) is -0.299. The molecule has 6 nitrogen and oxygen atoms in total. The quantitative estimate of drug-likeness (QED) is 0.847. The van der Waals surface area contributed by atoms with E-state index >= 15 is 0 Å². The van der Waals surface area contributed by atoms with Gasteiger partial charge in [-0.05, 0) is 70.2 Å². The van der Waals surface area contributed by atoms with Gasteiger partial charge in [0.05, 0.1) is 11.6 Å². The van der Waals surface area contributed by atoms with E-state index < -0.39 is 11.6 Å². The first-order chi connectivity index (χ1) is 12.7. The zero-order valence-corrected chi connectivity index (χ0v) is 16.3. The number of rotatable bonds is 4. The number of nitrogens with zero attached hydrogens (tertiary/aromatic N) is 1. The summed E-state index contributed by atoms with van der Waals surface area (Å²) in [6.45, 7) is 6.04. The number of hydrogen-bond acceptors (Lipinski definition) is 4. The predicted octanol–water partition coefficient (Wildman–Crippen LogP) is 4.33. The molecule has 27 heavy (non-hydrogen) atoms. The molecule has 0 radical (unpaired) electrons. The minimum atomic E-state index is -0.961. The van der Waals surface area contributed by atoms with Crippen molar-refractivity contribution < 1.29 is 24.2 Å². The normalized spacial score (nSPS) is 25.0. The molecule has 1 N–H and O–H groups in total. The number of carboxylic acids is 1. The van der Waals surface area contributed by atoms with E-state index in [2.05, 4.69) is 0 Å². The van der Waals surface area contributed by atoms with E-state index in [1.807, 2.05) is 25.7 Å². The maximum atomic E-state index is 12.8. The molecule has 2 aliphatic rings. The van der Waals surface area contributed by atoms with Crippen molar-refractivity contribution in [3.05, 3.63) is 29.8 Å². The first-order valence-corrected chi connectivity index (χ1v) is 9.72. The number of carbonyl (C=O) groups is 2. The molecule has 3 rings (SSSR count). The molecule has 3 atom stereocenters. The molecule has 0 bridgehead atoms. The number of likely N-dealkylation sites (tertiary alicyclic amines) is 1. The van der Waals surface area contributed by atoms with Crippen molar-refractivity contribution in [1.82, 2.24) is 4.90 Å². The van der Waals surface area contributed by atoms with Gasteiger partial charge >= 0.3 is 12.1 Å². The molecule has 1 aromatic rings. The molecule has 148 valence electrons. The Morgan fingerprint density at radius 2 is 1.81 bits per heavy atom. The van der Waals surface area contributed by atoms with E-state index in [0.717, 1.165) is 25.7 Å². The van der Waals surface area contributed by atoms with E-state index in [1.54, 1.807) is 12.1 Å². The van der Waals surface area contributed by atoms with Gasteiger partial charge in [-0.3, -0.25) is 4.90 Å². The number of amides is 1. The lowest BCUT2D eigenvalue weighted by molar-refractivity contribution is 0.00625. The Kier molecular flexibility index (Phi) is 5.63. The molecule has 1 saturated heterocycles. The highest BCUT2D eigenvalue weighted by Gasteiger charge is 2.46. The fourth-order valence-electron chi connectivity index (χ4n) is 4.20. The van der Waals surface area contributed by atoms with Crippen molar-refractivity contribution >= 4 is 12.1 Å². The van der Waals surface area contributed by atoms with Crippen molar-refractivity contribution in [2.24, 2.45) is 5.92 Å². The summed E-state index contributed by atoms with van der Waals surface area (Å²) in [6.07, 6.45) is 5.20. The van der Waals surface area contributed by atoms with Gasteiger partial charge < -0.3 is 14.6 Å². The topological polar surface area (TPSA) is 76.1 Å². The lowest BCUT2D eigenvalue weighted by Gasteiger charge is -2.35. The standard InChI is InChI=1S/C21H29NO5/c1-21(2,3)27-20(25)22-16(12-15-6-4-5-7-18(15)22)13-26-17-10-8-14(9-11-17)19(23)24/h8-11,15-16,18H,4-7,12-13H2,1-3H3,(H,23,24)/t15?,16-,18?/m0/s1. The molecule has 1 aliphatic heterocycles. The zero-order chi connectivity index (χ0) is 19.6. The van der Waals surface area contributed by atoms with Gasteiger partial charge in [-0.15, -0.1) is 0 Å². The molecule has 1 saturated carbocycles. The molecule has 1 amide bonds. The fourth-order valence-corrected chi connectivity index (χ4v) is 4.20. The van der Waals surface area contributed by atoms with Crippen LogP contribution in [0, 0.1) is 5.92 Å². The van der Waals surface area contributed by atoms with Crippen LogP contribution in [0.15, 0.2) is 24.3 Å². The zero-order valence-electron chi connectivity index (χ0n) is 16.3. The lowest BCUT2D eigenvalue weighted by atomic mass is 9.85. The van der Waals surface area contributed by atoms with Crippen LogP contribution in [-0.4, -0.2) is 46.4 Å². The summed E-state index contributed by atoms with van der Waals surface area (Å²) in [7, 11) is 0. The summed E-state index contributed by atoms with van der Waals surface area (Å²) in [5.74, 6) is 0.158. The van der Waals surface area contributed by atoms with Gasteiger partial charge in [-0.2, -0.15) is 0 Å². The van der Waals surface area contributed by atoms with Gasteiger partial charge in [0.25, 0.3) is 0 Å². The summed E-state index contributed by atoms with van der Waals surface area (Å²) in [5, 5.41) is 8.99. The Balaban J connectivity index is 1.69. The van der Waals surface area contributed by atoms with Crippen LogP contribution >= 0.6 is 0 Å². The molecule has 1 aromatic carbocycles. The summed E-state index contributed by atoms with van der Waals surface area (Å²) in [6, 6.07) is 6.57. The van der Waals surface area contributed by atoms with Crippen molar-refractivity contribution in [3.8, 4) is 5.75 Å². The second-order valence-corrected chi connectivity index (χ2v) is 8.53. The highest BCUT2D eigenvalue weighted by molar-refractivity contribution is 5.87. The van der Waals surface area contributed by atoms with Gasteiger partial charge in [0.2, 0.25) is 0 Å². The van der Waals surface area contributed by atoms with Crippen LogP contribution in [0.5, 0.6) is 5.75 Å². The minimum absolute atomic E-state index is 0.0212. The Morgan fingerprint density at radius 1 is 1.15 bits per heavy atom. The van der Waals surface area contributed by atoms with Crippen molar-refractivity contribution in [3.63, 3.8) is 0 Å². The van der Waals surface area contributed by atoms with E-state index in [1.165, 1.54) is 18.6 Å². The predicted molar refractivity (Wildman–Crippen MR) is 101 cm³/mol. The highest BCUT2D eigenvalue weighted by atomic mass is 16.6. The number of aromatic carboxylic acids is 1. The van der Waals surface area contributed by atoms with E-state index in [0.29, 0.717) is 18.3 Å². The van der Waals surface area contributed by atoms with Crippen molar-refractivity contribution in [2.75, 3.05) is 6.61 Å². The monoisotopic (exact) mass is 375 g/mol. The number of benzene rings is 1. The average Bonchev–Trinajstić information content (AvgIpc) is 2.97. The average molecular weight is 375 g/mol. The molecular formula is C21H29NO5. The fraction of sp³-hybridized carbons (Fsp3) is 0.619. The van der Waals surface area contributed by atoms with Crippen LogP contribution in [0.3, 0.4) is 0 Å². The van der Waals surface area contributed by atoms with Crippen molar-refractivity contribution in [2.45, 2.75) is 70.6 Å². The number of ether oxygens (including phenoxy) is 2. The first-order valence-electron chi connectivity index (χ1n) is 9.72. The maximum absolute atomic E-state index is 12.8. The summed E-state index contributed by atoms with van der Waals surface area (Å²) in [4.78, 5) is 25.7. The van der Waals surface area contributed by atoms with Crippen LogP contribution in [0.1, 0.15) is 63.2 Å². The third-order valence-corrected chi connectivity index (χ3v) is 5.34. The molecule has 1 aliphatic carbocycles. The molecule has 0 aromatic heterocycles. The molecule has 6 heteroatoms. The molecular weight excluding hydrogens is 346 g/mol. The summed E-state index contributed by atoms with van der Waals surface area (Å²) < 4.78 is 11.6. The minimum Gasteiger partial charge on any atom is -0.491 e. The molecule has 2 fully saturated rings. The number of carbonyl (C=O) groups excluding carboxylic acids is 1. The maximum Gasteiger partial charge on any atom is 0.410 e. The largest absolute Gasteiger partial charge is 0.491 e. The SMILES string of the molecule is CC(C)(C)OC(=O)N1C2CCCCC2C[C@H]1COc1ccc(C(=O)O)cc1. The van der Waals surface area contributed by atoms with Crippen LogP contribution in [0.2, 0.25) is 0 Å². The van der Waals surface area contributed by atoms with E-state index in [4.69, 9.17) is 14.6 Å². The van der Waals surface area contributed by atoms with Crippen LogP contribution in [0.4, 0.5) is 4.79 Å². The van der Waals surface area contributed by atoms with Crippen molar-refractivity contribution in [1.29, 1.82) is 0 Å². The lowest BCUT2D eigenvalue weighted by Crippen LogP contribution is -2.47.